The summed E-state index contributed by atoms with van der Waals surface area (Å²) in [5.41, 5.74) is 0.297. The van der Waals surface area contributed by atoms with Gasteiger partial charge in [-0.15, -0.1) is 11.3 Å². The van der Waals surface area contributed by atoms with Crippen LogP contribution < -0.4 is 4.72 Å². The van der Waals surface area contributed by atoms with Gasteiger partial charge in [-0.1, -0.05) is 6.07 Å². The smallest absolute Gasteiger partial charge is 0.410 e. The number of hydrogen-bond acceptors (Lipinski definition) is 9. The van der Waals surface area contributed by atoms with Gasteiger partial charge in [0.05, 0.1) is 33.2 Å². The second-order valence-electron chi connectivity index (χ2n) is 10.7. The van der Waals surface area contributed by atoms with Gasteiger partial charge in [-0.05, 0) is 64.8 Å². The lowest BCUT2D eigenvalue weighted by Crippen LogP contribution is -2.41. The number of thiazole rings is 1. The van der Waals surface area contributed by atoms with Crippen molar-refractivity contribution in [1.82, 2.24) is 19.9 Å². The first kappa shape index (κ1) is 28.7. The number of nitrogens with one attached hydrogen (secondary N) is 1. The first-order chi connectivity index (χ1) is 19.4. The number of sulfonamides is 1. The SMILES string of the molecule is Cc1nccc(-c2sc(C3CCN(C(=O)OC(C)(C)C)CC3)nc2-c2cccc(NS(=O)(=O)c3ccoc3)c2F)n1. The van der Waals surface area contributed by atoms with E-state index in [-0.39, 0.29) is 28.2 Å². The van der Waals surface area contributed by atoms with Crippen molar-refractivity contribution in [3.63, 3.8) is 0 Å². The highest BCUT2D eigenvalue weighted by atomic mass is 32.2. The molecule has 1 N–H and O–H groups in total. The molecular formula is C28H30FN5O5S2. The van der Waals surface area contributed by atoms with Gasteiger partial charge in [-0.2, -0.15) is 0 Å². The number of hydrogen-bond donors (Lipinski definition) is 1. The number of aromatic nitrogens is 3. The number of aryl methyl sites for hydroxylation is 1. The van der Waals surface area contributed by atoms with Crippen LogP contribution in [0, 0.1) is 12.7 Å². The summed E-state index contributed by atoms with van der Waals surface area (Å²) in [4.78, 5) is 28.4. The van der Waals surface area contributed by atoms with Crippen molar-refractivity contribution < 1.29 is 26.8 Å². The number of carbonyl (C=O) groups excluding carboxylic acids is 1. The molecule has 13 heteroatoms. The zero-order chi connectivity index (χ0) is 29.4. The summed E-state index contributed by atoms with van der Waals surface area (Å²) >= 11 is 1.41. The Morgan fingerprint density at radius 1 is 1.17 bits per heavy atom. The largest absolute Gasteiger partial charge is 0.471 e. The number of halogens is 1. The van der Waals surface area contributed by atoms with Crippen molar-refractivity contribution in [2.75, 3.05) is 17.8 Å². The number of anilines is 1. The van der Waals surface area contributed by atoms with E-state index < -0.39 is 21.4 Å². The highest BCUT2D eigenvalue weighted by Crippen LogP contribution is 2.42. The van der Waals surface area contributed by atoms with Crippen molar-refractivity contribution in [1.29, 1.82) is 0 Å². The molecule has 1 fully saturated rings. The Morgan fingerprint density at radius 2 is 1.93 bits per heavy atom. The normalized spacial score (nSPS) is 14.7. The lowest BCUT2D eigenvalue weighted by molar-refractivity contribution is 0.0204. The van der Waals surface area contributed by atoms with Gasteiger partial charge in [-0.3, -0.25) is 4.72 Å². The summed E-state index contributed by atoms with van der Waals surface area (Å²) in [5, 5.41) is 0.791. The number of nitrogens with zero attached hydrogens (tertiary/aromatic N) is 4. The van der Waals surface area contributed by atoms with Crippen LogP contribution in [0.4, 0.5) is 14.9 Å². The molecule has 1 aliphatic rings. The topological polar surface area (TPSA) is 128 Å². The van der Waals surface area contributed by atoms with Gasteiger partial charge in [0.25, 0.3) is 10.0 Å². The summed E-state index contributed by atoms with van der Waals surface area (Å²) in [6, 6.07) is 7.50. The van der Waals surface area contributed by atoms with Crippen LogP contribution in [0.5, 0.6) is 0 Å². The Morgan fingerprint density at radius 3 is 2.59 bits per heavy atom. The maximum Gasteiger partial charge on any atom is 0.410 e. The number of likely N-dealkylation sites (tertiary alicyclic amines) is 1. The van der Waals surface area contributed by atoms with Crippen LogP contribution in [0.3, 0.4) is 0 Å². The minimum Gasteiger partial charge on any atom is -0.471 e. The summed E-state index contributed by atoms with van der Waals surface area (Å²) in [6.07, 6.45) is 4.92. The van der Waals surface area contributed by atoms with E-state index in [1.54, 1.807) is 36.2 Å². The molecule has 0 atom stereocenters. The molecule has 5 rings (SSSR count). The van der Waals surface area contributed by atoms with Gasteiger partial charge in [-0.25, -0.2) is 32.6 Å². The maximum absolute atomic E-state index is 16.0. The van der Waals surface area contributed by atoms with Crippen LogP contribution in [0.15, 0.2) is 58.4 Å². The zero-order valence-electron chi connectivity index (χ0n) is 23.0. The molecule has 216 valence electrons. The average molecular weight is 600 g/mol. The zero-order valence-corrected chi connectivity index (χ0v) is 24.7. The minimum absolute atomic E-state index is 0.0416. The van der Waals surface area contributed by atoms with E-state index in [2.05, 4.69) is 14.7 Å². The van der Waals surface area contributed by atoms with Gasteiger partial charge in [0.2, 0.25) is 0 Å². The maximum atomic E-state index is 16.0. The van der Waals surface area contributed by atoms with Crippen LogP contribution in [-0.2, 0) is 14.8 Å². The number of piperidine rings is 1. The molecule has 41 heavy (non-hydrogen) atoms. The first-order valence-electron chi connectivity index (χ1n) is 13.0. The molecule has 4 heterocycles. The molecule has 1 aliphatic heterocycles. The van der Waals surface area contributed by atoms with E-state index in [1.807, 2.05) is 20.8 Å². The van der Waals surface area contributed by atoms with Crippen LogP contribution in [-0.4, -0.2) is 53.1 Å². The number of furan rings is 1. The number of ether oxygens (including phenoxy) is 1. The first-order valence-corrected chi connectivity index (χ1v) is 15.3. The Hall–Kier alpha value is -3.84. The van der Waals surface area contributed by atoms with Crippen LogP contribution >= 0.6 is 11.3 Å². The highest BCUT2D eigenvalue weighted by Gasteiger charge is 2.31. The molecule has 4 aromatic rings. The number of carbonyl (C=O) groups is 1. The minimum atomic E-state index is -4.06. The third-order valence-corrected chi connectivity index (χ3v) is 9.03. The fourth-order valence-electron chi connectivity index (χ4n) is 4.49. The number of benzene rings is 1. The predicted octanol–water partition coefficient (Wildman–Crippen LogP) is 6.22. The second kappa shape index (κ2) is 11.2. The van der Waals surface area contributed by atoms with E-state index in [0.29, 0.717) is 48.0 Å². The third-order valence-electron chi connectivity index (χ3n) is 6.45. The summed E-state index contributed by atoms with van der Waals surface area (Å²) in [7, 11) is -4.06. The van der Waals surface area contributed by atoms with E-state index in [0.717, 1.165) is 11.3 Å². The van der Waals surface area contributed by atoms with Gasteiger partial charge in [0.15, 0.2) is 5.82 Å². The van der Waals surface area contributed by atoms with Crippen LogP contribution in [0.1, 0.15) is 50.4 Å². The molecule has 0 aliphatic carbocycles. The molecule has 0 bridgehead atoms. The predicted molar refractivity (Wildman–Crippen MR) is 153 cm³/mol. The molecule has 0 saturated carbocycles. The molecule has 0 unspecified atom stereocenters. The molecule has 10 nitrogen and oxygen atoms in total. The number of rotatable bonds is 6. The fraction of sp³-hybridized carbons (Fsp3) is 0.357. The Bertz CT molecular complexity index is 1660. The lowest BCUT2D eigenvalue weighted by Gasteiger charge is -2.32. The Labute approximate surface area is 241 Å². The van der Waals surface area contributed by atoms with Crippen molar-refractivity contribution >= 4 is 33.1 Å². The highest BCUT2D eigenvalue weighted by molar-refractivity contribution is 7.92. The molecule has 0 spiro atoms. The van der Waals surface area contributed by atoms with Crippen molar-refractivity contribution in [2.24, 2.45) is 0 Å². The van der Waals surface area contributed by atoms with Crippen LogP contribution in [0.2, 0.25) is 0 Å². The monoisotopic (exact) mass is 599 g/mol. The summed E-state index contributed by atoms with van der Waals surface area (Å²) in [6.45, 7) is 8.29. The quantitative estimate of drug-likeness (QED) is 0.277. The molecule has 1 saturated heterocycles. The summed E-state index contributed by atoms with van der Waals surface area (Å²) in [5.74, 6) is -0.167. The molecule has 3 aromatic heterocycles. The van der Waals surface area contributed by atoms with Crippen LogP contribution in [0.25, 0.3) is 21.8 Å². The molecule has 0 radical (unpaired) electrons. The fourth-order valence-corrected chi connectivity index (χ4v) is 6.69. The summed E-state index contributed by atoms with van der Waals surface area (Å²) < 4.78 is 54.1. The average Bonchev–Trinajstić information content (AvgIpc) is 3.61. The number of amides is 1. The van der Waals surface area contributed by atoms with Gasteiger partial charge >= 0.3 is 6.09 Å². The van der Waals surface area contributed by atoms with Gasteiger partial charge in [0.1, 0.15) is 22.6 Å². The van der Waals surface area contributed by atoms with Crippen molar-refractivity contribution in [2.45, 2.75) is 57.0 Å². The second-order valence-corrected chi connectivity index (χ2v) is 13.4. The third kappa shape index (κ3) is 6.41. The Kier molecular flexibility index (Phi) is 7.84. The molecule has 1 amide bonds. The molecular weight excluding hydrogens is 569 g/mol. The van der Waals surface area contributed by atoms with Gasteiger partial charge in [0, 0.05) is 30.8 Å². The van der Waals surface area contributed by atoms with Crippen molar-refractivity contribution in [3.8, 4) is 21.8 Å². The lowest BCUT2D eigenvalue weighted by atomic mass is 9.97. The van der Waals surface area contributed by atoms with E-state index in [4.69, 9.17) is 14.1 Å². The Balaban J connectivity index is 1.48. The van der Waals surface area contributed by atoms with E-state index >= 15 is 4.39 Å². The van der Waals surface area contributed by atoms with E-state index in [9.17, 15) is 13.2 Å². The van der Waals surface area contributed by atoms with Crippen molar-refractivity contribution in [3.05, 3.63) is 65.7 Å². The standard InChI is InChI=1S/C28H30FN5O5S2/c1-17-30-12-8-22(31-17)25-24(20-6-5-7-21(23(20)29)33-41(36,37)19-11-15-38-16-19)32-26(40-25)18-9-13-34(14-10-18)27(35)39-28(2,3)4/h5-8,11-12,15-16,18,33H,9-10,13-14H2,1-4H3. The van der Waals surface area contributed by atoms with E-state index in [1.165, 1.54) is 29.7 Å². The van der Waals surface area contributed by atoms with Gasteiger partial charge < -0.3 is 14.1 Å². The molecule has 1 aromatic carbocycles.